The molecule has 0 heterocycles. The van der Waals surface area contributed by atoms with Gasteiger partial charge in [0.05, 0.1) is 6.04 Å². The molecule has 0 N–H and O–H groups in total. The van der Waals surface area contributed by atoms with Gasteiger partial charge in [-0.25, -0.2) is 0 Å². The summed E-state index contributed by atoms with van der Waals surface area (Å²) >= 11 is 0. The molecule has 0 amide bonds. The van der Waals surface area contributed by atoms with Crippen LogP contribution >= 0.6 is 0 Å². The normalized spacial score (nSPS) is 10.0. The van der Waals surface area contributed by atoms with Gasteiger partial charge in [-0.2, -0.15) is 0 Å². The third-order valence-corrected chi connectivity index (χ3v) is 1.55. The number of hydrogen-bond acceptors (Lipinski definition) is 0. The minimum atomic E-state index is -1.02. The highest BCUT2D eigenvalue weighted by atomic mass is 28.3. The van der Waals surface area contributed by atoms with E-state index < -0.39 is 8.07 Å². The van der Waals surface area contributed by atoms with E-state index in [1.807, 2.05) is 6.04 Å². The molecule has 38 valence electrons. The number of terminal acetylenes is 1. The van der Waals surface area contributed by atoms with Crippen molar-refractivity contribution >= 4 is 8.07 Å². The fourth-order valence-electron chi connectivity index (χ4n) is 0.250. The molecule has 0 aromatic rings. The molecule has 0 spiro atoms. The molecule has 0 aromatic carbocycles. The van der Waals surface area contributed by atoms with E-state index in [1.54, 1.807) is 0 Å². The van der Waals surface area contributed by atoms with E-state index in [0.29, 0.717) is 0 Å². The lowest BCUT2D eigenvalue weighted by Crippen LogP contribution is -2.19. The Labute approximate surface area is 46.9 Å². The Balaban J connectivity index is 3.40. The first-order chi connectivity index (χ1) is 3.06. The molecule has 0 nitrogen and oxygen atoms in total. The van der Waals surface area contributed by atoms with Gasteiger partial charge in [-0.15, -0.1) is 0 Å². The lowest BCUT2D eigenvalue weighted by Gasteiger charge is -2.00. The van der Waals surface area contributed by atoms with Crippen LogP contribution in [0.25, 0.3) is 0 Å². The molecule has 0 radical (unpaired) electrons. The molecular formula is C6H11Si+. The van der Waals surface area contributed by atoms with Gasteiger partial charge in [0.1, 0.15) is 12.3 Å². The number of hydrogen-bond donors (Lipinski definition) is 0. The van der Waals surface area contributed by atoms with Gasteiger partial charge in [0.15, 0.2) is 8.07 Å². The average Bonchev–Trinajstić information content (AvgIpc) is 1.30. The lowest BCUT2D eigenvalue weighted by molar-refractivity contribution is 1.72. The van der Waals surface area contributed by atoms with Crippen LogP contribution in [-0.4, -0.2) is 8.07 Å². The van der Waals surface area contributed by atoms with Crippen molar-refractivity contribution in [3.63, 3.8) is 0 Å². The summed E-state index contributed by atoms with van der Waals surface area (Å²) in [4.78, 5) is 0. The second-order valence-corrected chi connectivity index (χ2v) is 7.70. The van der Waals surface area contributed by atoms with E-state index in [4.69, 9.17) is 6.42 Å². The maximum Gasteiger partial charge on any atom is 0.179 e. The van der Waals surface area contributed by atoms with Crippen molar-refractivity contribution in [2.75, 3.05) is 0 Å². The molecule has 0 fully saturated rings. The summed E-state index contributed by atoms with van der Waals surface area (Å²) < 4.78 is 0. The second kappa shape index (κ2) is 2.09. The molecular weight excluding hydrogens is 100 g/mol. The molecule has 7 heavy (non-hydrogen) atoms. The largest absolute Gasteiger partial charge is 0.179 e. The summed E-state index contributed by atoms with van der Waals surface area (Å²) in [5.41, 5.74) is 0. The van der Waals surface area contributed by atoms with Crippen LogP contribution in [0, 0.1) is 18.4 Å². The summed E-state index contributed by atoms with van der Waals surface area (Å²) in [6, 6.07) is 1.98. The topological polar surface area (TPSA) is 0 Å². The van der Waals surface area contributed by atoms with Crippen LogP contribution < -0.4 is 0 Å². The third-order valence-electron chi connectivity index (χ3n) is 0.516. The van der Waals surface area contributed by atoms with Crippen LogP contribution in [0.15, 0.2) is 0 Å². The minimum absolute atomic E-state index is 1.02. The predicted molar refractivity (Wildman–Crippen MR) is 36.5 cm³/mol. The predicted octanol–water partition coefficient (Wildman–Crippen LogP) is 1.70. The quantitative estimate of drug-likeness (QED) is 0.274. The van der Waals surface area contributed by atoms with E-state index >= 15 is 0 Å². The Hall–Kier alpha value is -0.353. The zero-order valence-corrected chi connectivity index (χ0v) is 6.15. The molecule has 0 atom stereocenters. The molecule has 0 rings (SSSR count). The molecule has 0 unspecified atom stereocenters. The van der Waals surface area contributed by atoms with Crippen molar-refractivity contribution in [1.29, 1.82) is 0 Å². The highest BCUT2D eigenvalue weighted by molar-refractivity contribution is 6.80. The van der Waals surface area contributed by atoms with Crippen molar-refractivity contribution < 1.29 is 0 Å². The minimum Gasteiger partial charge on any atom is -0.0474 e. The Morgan fingerprint density at radius 2 is 1.86 bits per heavy atom. The van der Waals surface area contributed by atoms with Crippen molar-refractivity contribution in [1.82, 2.24) is 0 Å². The summed E-state index contributed by atoms with van der Waals surface area (Å²) in [7, 11) is -1.02. The Morgan fingerprint density at radius 1 is 1.43 bits per heavy atom. The van der Waals surface area contributed by atoms with Gasteiger partial charge in [-0.3, -0.25) is 0 Å². The van der Waals surface area contributed by atoms with Crippen LogP contribution in [-0.2, 0) is 0 Å². The van der Waals surface area contributed by atoms with Gasteiger partial charge in [0.2, 0.25) is 0 Å². The maximum atomic E-state index is 5.04. The first kappa shape index (κ1) is 6.65. The van der Waals surface area contributed by atoms with Crippen molar-refractivity contribution in [3.8, 4) is 12.3 Å². The summed E-state index contributed by atoms with van der Waals surface area (Å²) in [6.45, 7) is 6.65. The summed E-state index contributed by atoms with van der Waals surface area (Å²) in [5, 5.41) is 0. The Bertz CT molecular complexity index is 81.3. The molecule has 0 aromatic heterocycles. The van der Waals surface area contributed by atoms with Gasteiger partial charge in [-0.1, -0.05) is 0 Å². The highest BCUT2D eigenvalue weighted by Crippen LogP contribution is 2.01. The molecule has 0 saturated heterocycles. The van der Waals surface area contributed by atoms with Gasteiger partial charge >= 0.3 is 0 Å². The van der Waals surface area contributed by atoms with Crippen molar-refractivity contribution in [2.24, 2.45) is 0 Å². The summed E-state index contributed by atoms with van der Waals surface area (Å²) in [5.74, 6) is 2.54. The molecule has 0 aliphatic rings. The van der Waals surface area contributed by atoms with E-state index in [1.165, 1.54) is 0 Å². The fraction of sp³-hybridized carbons (Fsp3) is 0.500. The van der Waals surface area contributed by atoms with Crippen LogP contribution in [0.3, 0.4) is 0 Å². The van der Waals surface area contributed by atoms with Crippen LogP contribution in [0.4, 0.5) is 0 Å². The molecule has 0 saturated carbocycles. The zero-order chi connectivity index (χ0) is 5.91. The van der Waals surface area contributed by atoms with Crippen LogP contribution in [0.1, 0.15) is 0 Å². The Morgan fingerprint density at radius 3 is 1.86 bits per heavy atom. The van der Waals surface area contributed by atoms with Gasteiger partial charge in [-0.05, 0) is 19.6 Å². The standard InChI is InChI=1S/C6H11Si/c1-5-6-7(2,3)4/h1,6H,2-4H3/q+1. The smallest absolute Gasteiger partial charge is 0.0474 e. The molecule has 0 aliphatic carbocycles. The van der Waals surface area contributed by atoms with Gasteiger partial charge < -0.3 is 0 Å². The average molecular weight is 111 g/mol. The number of rotatable bonds is 1. The molecule has 0 bridgehead atoms. The fourth-order valence-corrected chi connectivity index (χ4v) is 0.750. The van der Waals surface area contributed by atoms with E-state index in [2.05, 4.69) is 25.6 Å². The van der Waals surface area contributed by atoms with E-state index in [-0.39, 0.29) is 0 Å². The highest BCUT2D eigenvalue weighted by Gasteiger charge is 2.17. The van der Waals surface area contributed by atoms with Gasteiger partial charge in [0, 0.05) is 0 Å². The first-order valence-corrected chi connectivity index (χ1v) is 5.94. The molecule has 0 aliphatic heterocycles. The first-order valence-electron chi connectivity index (χ1n) is 2.37. The molecule has 1 heteroatoms. The van der Waals surface area contributed by atoms with E-state index in [0.717, 1.165) is 0 Å². The third kappa shape index (κ3) is 5.65. The van der Waals surface area contributed by atoms with Gasteiger partial charge in [0.25, 0.3) is 0 Å². The van der Waals surface area contributed by atoms with Crippen LogP contribution in [0.5, 0.6) is 0 Å². The van der Waals surface area contributed by atoms with Crippen molar-refractivity contribution in [3.05, 3.63) is 6.04 Å². The zero-order valence-electron chi connectivity index (χ0n) is 5.15. The lowest BCUT2D eigenvalue weighted by atomic mass is 10.8. The van der Waals surface area contributed by atoms with E-state index in [9.17, 15) is 0 Å². The van der Waals surface area contributed by atoms with Crippen molar-refractivity contribution in [2.45, 2.75) is 19.6 Å². The van der Waals surface area contributed by atoms with Crippen LogP contribution in [0.2, 0.25) is 19.6 Å². The maximum absolute atomic E-state index is 5.04. The summed E-state index contributed by atoms with van der Waals surface area (Å²) in [6.07, 6.45) is 5.04. The second-order valence-electron chi connectivity index (χ2n) is 2.68. The monoisotopic (exact) mass is 111 g/mol. The Kier molecular flexibility index (Phi) is 1.98. The SMILES string of the molecule is C#C[CH+][Si](C)(C)C.